The van der Waals surface area contributed by atoms with Crippen LogP contribution in [0.2, 0.25) is 0 Å². The summed E-state index contributed by atoms with van der Waals surface area (Å²) in [5.74, 6) is 1.56. The number of ether oxygens (including phenoxy) is 2. The first-order valence-corrected chi connectivity index (χ1v) is 7.40. The van der Waals surface area contributed by atoms with E-state index in [0.717, 1.165) is 23.5 Å². The Hall–Kier alpha value is -1.42. The molecule has 1 N–H and O–H groups in total. The van der Waals surface area contributed by atoms with Crippen LogP contribution >= 0.6 is 11.6 Å². The lowest BCUT2D eigenvalue weighted by atomic mass is 9.95. The van der Waals surface area contributed by atoms with E-state index in [2.05, 4.69) is 19.2 Å². The topological polar surface area (TPSA) is 47.6 Å². The number of amides is 1. The molecule has 1 aromatic rings. The van der Waals surface area contributed by atoms with Gasteiger partial charge in [0.1, 0.15) is 5.88 Å². The number of halogens is 1. The minimum atomic E-state index is -0.169. The van der Waals surface area contributed by atoms with Gasteiger partial charge in [0.2, 0.25) is 5.91 Å². The van der Waals surface area contributed by atoms with Crippen LogP contribution in [0.5, 0.6) is 11.5 Å². The first kappa shape index (κ1) is 15.0. The molecule has 4 nitrogen and oxygen atoms in total. The smallest absolute Gasteiger partial charge is 0.235 e. The zero-order valence-corrected chi connectivity index (χ0v) is 12.6. The summed E-state index contributed by atoms with van der Waals surface area (Å²) in [6.45, 7) is 5.43. The maximum absolute atomic E-state index is 11.5. The molecule has 0 aromatic heterocycles. The minimum absolute atomic E-state index is 0.0340. The molecule has 0 saturated carbocycles. The highest BCUT2D eigenvalue weighted by atomic mass is 35.5. The van der Waals surface area contributed by atoms with Gasteiger partial charge in [0.25, 0.3) is 0 Å². The van der Waals surface area contributed by atoms with Gasteiger partial charge in [-0.2, -0.15) is 0 Å². The van der Waals surface area contributed by atoms with E-state index in [4.69, 9.17) is 21.1 Å². The van der Waals surface area contributed by atoms with Crippen molar-refractivity contribution in [2.24, 2.45) is 5.92 Å². The highest BCUT2D eigenvalue weighted by Gasteiger charge is 2.20. The maximum atomic E-state index is 11.5. The second kappa shape index (κ2) is 6.84. The molecule has 0 fully saturated rings. The summed E-state index contributed by atoms with van der Waals surface area (Å²) >= 11 is 5.57. The van der Waals surface area contributed by atoms with Crippen molar-refractivity contribution in [3.8, 4) is 11.5 Å². The molecule has 0 bridgehead atoms. The minimum Gasteiger partial charge on any atom is -0.490 e. The van der Waals surface area contributed by atoms with Crippen molar-refractivity contribution in [2.75, 3.05) is 19.1 Å². The number of carbonyl (C=O) groups excluding carboxylic acids is 1. The Morgan fingerprint density at radius 1 is 1.30 bits per heavy atom. The van der Waals surface area contributed by atoms with Crippen LogP contribution in [-0.4, -0.2) is 25.0 Å². The molecule has 2 rings (SSSR count). The summed E-state index contributed by atoms with van der Waals surface area (Å²) in [6.07, 6.45) is 0.876. The lowest BCUT2D eigenvalue weighted by molar-refractivity contribution is -0.119. The van der Waals surface area contributed by atoms with E-state index in [1.807, 2.05) is 18.2 Å². The summed E-state index contributed by atoms with van der Waals surface area (Å²) in [7, 11) is 0. The maximum Gasteiger partial charge on any atom is 0.235 e. The van der Waals surface area contributed by atoms with Crippen LogP contribution in [0, 0.1) is 5.92 Å². The van der Waals surface area contributed by atoms with Gasteiger partial charge in [-0.3, -0.25) is 4.79 Å². The van der Waals surface area contributed by atoms with Crippen LogP contribution in [0.1, 0.15) is 31.9 Å². The first-order valence-electron chi connectivity index (χ1n) is 6.86. The van der Waals surface area contributed by atoms with Crippen molar-refractivity contribution in [1.29, 1.82) is 0 Å². The molecule has 0 radical (unpaired) electrons. The lowest BCUT2D eigenvalue weighted by Gasteiger charge is -2.23. The fourth-order valence-electron chi connectivity index (χ4n) is 2.22. The Morgan fingerprint density at radius 2 is 2.00 bits per heavy atom. The Labute approximate surface area is 124 Å². The molecule has 0 spiro atoms. The molecule has 1 aliphatic rings. The molecule has 1 amide bonds. The molecular formula is C15H20ClNO3. The normalized spacial score (nSPS) is 15.6. The number of hydrogen-bond acceptors (Lipinski definition) is 3. The zero-order chi connectivity index (χ0) is 14.5. The average molecular weight is 298 g/mol. The molecule has 1 atom stereocenters. The van der Waals surface area contributed by atoms with Crippen molar-refractivity contribution in [2.45, 2.75) is 26.3 Å². The number of hydrogen-bond donors (Lipinski definition) is 1. The number of rotatable bonds is 4. The van der Waals surface area contributed by atoms with Crippen molar-refractivity contribution in [3.63, 3.8) is 0 Å². The standard InChI is InChI=1S/C15H20ClNO3/c1-10(2)15(17-14(18)9-16)11-4-5-12-13(8-11)20-7-3-6-19-12/h4-5,8,10,15H,3,6-7,9H2,1-2H3,(H,17,18)/t15-/m1/s1. The third-order valence-corrected chi connectivity index (χ3v) is 3.48. The number of benzene rings is 1. The number of nitrogens with one attached hydrogen (secondary N) is 1. The summed E-state index contributed by atoms with van der Waals surface area (Å²) in [5, 5.41) is 2.94. The predicted molar refractivity (Wildman–Crippen MR) is 78.5 cm³/mol. The van der Waals surface area contributed by atoms with E-state index >= 15 is 0 Å². The molecule has 0 unspecified atom stereocenters. The summed E-state index contributed by atoms with van der Waals surface area (Å²) in [5.41, 5.74) is 1.00. The Morgan fingerprint density at radius 3 is 2.65 bits per heavy atom. The highest BCUT2D eigenvalue weighted by molar-refractivity contribution is 6.27. The average Bonchev–Trinajstić information content (AvgIpc) is 2.68. The fourth-order valence-corrected chi connectivity index (χ4v) is 2.30. The summed E-state index contributed by atoms with van der Waals surface area (Å²) in [6, 6.07) is 5.73. The van der Waals surface area contributed by atoms with E-state index in [1.165, 1.54) is 0 Å². The lowest BCUT2D eigenvalue weighted by Crippen LogP contribution is -2.32. The first-order chi connectivity index (χ1) is 9.61. The predicted octanol–water partition coefficient (Wildman–Crippen LogP) is 2.90. The molecule has 110 valence electrons. The quantitative estimate of drug-likeness (QED) is 0.869. The zero-order valence-electron chi connectivity index (χ0n) is 11.8. The van der Waals surface area contributed by atoms with Crippen molar-refractivity contribution < 1.29 is 14.3 Å². The van der Waals surface area contributed by atoms with Gasteiger partial charge < -0.3 is 14.8 Å². The molecular weight excluding hydrogens is 278 g/mol. The van der Waals surface area contributed by atoms with Crippen molar-refractivity contribution in [3.05, 3.63) is 23.8 Å². The molecule has 0 aliphatic carbocycles. The largest absolute Gasteiger partial charge is 0.490 e. The SMILES string of the molecule is CC(C)[C@@H](NC(=O)CCl)c1ccc2c(c1)OCCCO2. The highest BCUT2D eigenvalue weighted by Crippen LogP contribution is 2.34. The number of fused-ring (bicyclic) bond motifs is 1. The third kappa shape index (κ3) is 3.57. The van der Waals surface area contributed by atoms with E-state index in [-0.39, 0.29) is 23.7 Å². The van der Waals surface area contributed by atoms with E-state index in [1.54, 1.807) is 0 Å². The van der Waals surface area contributed by atoms with Crippen LogP contribution in [-0.2, 0) is 4.79 Å². The Bertz CT molecular complexity index is 476. The van der Waals surface area contributed by atoms with E-state index in [9.17, 15) is 4.79 Å². The van der Waals surface area contributed by atoms with Crippen LogP contribution in [0.25, 0.3) is 0 Å². The van der Waals surface area contributed by atoms with Gasteiger partial charge >= 0.3 is 0 Å². The Balaban J connectivity index is 2.25. The Kier molecular flexibility index (Phi) is 5.12. The van der Waals surface area contributed by atoms with Gasteiger partial charge in [-0.25, -0.2) is 0 Å². The fraction of sp³-hybridized carbons (Fsp3) is 0.533. The monoisotopic (exact) mass is 297 g/mol. The van der Waals surface area contributed by atoms with Gasteiger partial charge in [-0.05, 0) is 23.6 Å². The van der Waals surface area contributed by atoms with Gasteiger partial charge in [0.15, 0.2) is 11.5 Å². The van der Waals surface area contributed by atoms with Gasteiger partial charge in [0, 0.05) is 6.42 Å². The molecule has 20 heavy (non-hydrogen) atoms. The molecule has 1 heterocycles. The van der Waals surface area contributed by atoms with Gasteiger partial charge in [0.05, 0.1) is 19.3 Å². The summed E-state index contributed by atoms with van der Waals surface area (Å²) in [4.78, 5) is 11.5. The van der Waals surface area contributed by atoms with E-state index < -0.39 is 0 Å². The molecule has 1 aliphatic heterocycles. The second-order valence-corrected chi connectivity index (χ2v) is 5.45. The van der Waals surface area contributed by atoms with E-state index in [0.29, 0.717) is 13.2 Å². The van der Waals surface area contributed by atoms with Gasteiger partial charge in [-0.15, -0.1) is 11.6 Å². The number of alkyl halides is 1. The third-order valence-electron chi connectivity index (χ3n) is 3.24. The van der Waals surface area contributed by atoms with Crippen molar-refractivity contribution in [1.82, 2.24) is 5.32 Å². The van der Waals surface area contributed by atoms with Crippen LogP contribution in [0.15, 0.2) is 18.2 Å². The van der Waals surface area contributed by atoms with Crippen LogP contribution in [0.3, 0.4) is 0 Å². The number of carbonyl (C=O) groups is 1. The molecule has 0 saturated heterocycles. The van der Waals surface area contributed by atoms with Crippen LogP contribution in [0.4, 0.5) is 0 Å². The summed E-state index contributed by atoms with van der Waals surface area (Å²) < 4.78 is 11.3. The second-order valence-electron chi connectivity index (χ2n) is 5.18. The molecule has 5 heteroatoms. The van der Waals surface area contributed by atoms with Gasteiger partial charge in [-0.1, -0.05) is 19.9 Å². The molecule has 1 aromatic carbocycles. The van der Waals surface area contributed by atoms with Crippen LogP contribution < -0.4 is 14.8 Å². The van der Waals surface area contributed by atoms with Crippen molar-refractivity contribution >= 4 is 17.5 Å².